The Kier molecular flexibility index (Phi) is 8.63. The van der Waals surface area contributed by atoms with Crippen LogP contribution in [-0.2, 0) is 30.3 Å². The summed E-state index contributed by atoms with van der Waals surface area (Å²) in [5, 5.41) is 14.0. The summed E-state index contributed by atoms with van der Waals surface area (Å²) in [6, 6.07) is 2.39. The van der Waals surface area contributed by atoms with Crippen LogP contribution in [0, 0.1) is 0 Å². The van der Waals surface area contributed by atoms with Crippen molar-refractivity contribution in [3.63, 3.8) is 0 Å². The molecule has 1 rings (SSSR count). The second-order valence-electron chi connectivity index (χ2n) is 4.02. The predicted octanol–water partition coefficient (Wildman–Crippen LogP) is -1.61. The minimum absolute atomic E-state index is 0.0381. The molecule has 1 aromatic heterocycles. The molecule has 0 aromatic carbocycles. The topological polar surface area (TPSA) is 189 Å². The summed E-state index contributed by atoms with van der Waals surface area (Å²) in [5.74, 6) is -0.192. The Labute approximate surface area is 149 Å². The summed E-state index contributed by atoms with van der Waals surface area (Å²) >= 11 is 1.13. The first-order valence-electron chi connectivity index (χ1n) is 5.36. The average Bonchev–Trinajstić information content (AvgIpc) is 2.73. The van der Waals surface area contributed by atoms with Crippen molar-refractivity contribution in [3.8, 4) is 0 Å². The monoisotopic (exact) mass is 405 g/mol. The van der Waals surface area contributed by atoms with Crippen LogP contribution in [0.5, 0.6) is 0 Å². The van der Waals surface area contributed by atoms with E-state index in [-0.39, 0.29) is 20.6 Å². The van der Waals surface area contributed by atoms with Gasteiger partial charge in [0.1, 0.15) is 0 Å². The molecule has 0 spiro atoms. The molecule has 0 radical (unpaired) electrons. The molecule has 22 heavy (non-hydrogen) atoms. The molecule has 1 aromatic rings. The molecule has 124 valence electrons. The number of rotatable bonds is 5. The van der Waals surface area contributed by atoms with Gasteiger partial charge in [0, 0.05) is 0 Å². The molecule has 0 amide bonds. The number of nitrogens with two attached hydrogens (primary N) is 1. The molecule has 15 heteroatoms. The second kappa shape index (κ2) is 8.48. The molecule has 0 aliphatic carbocycles. The average molecular weight is 405 g/mol. The molecule has 10 nitrogen and oxygen atoms in total. The summed E-state index contributed by atoms with van der Waals surface area (Å²) in [7, 11) is -12.1. The van der Waals surface area contributed by atoms with Crippen LogP contribution in [0.4, 0.5) is 0 Å². The Morgan fingerprint density at radius 3 is 1.82 bits per heavy atom. The van der Waals surface area contributed by atoms with Crippen LogP contribution in [0.2, 0.25) is 0 Å². The van der Waals surface area contributed by atoms with Crippen molar-refractivity contribution in [2.75, 3.05) is 5.75 Å². The number of sulfonamides is 1. The third-order valence-corrected chi connectivity index (χ3v) is 7.38. The van der Waals surface area contributed by atoms with Crippen LogP contribution in [-0.4, -0.2) is 76.5 Å². The number of aliphatic hydroxyl groups excluding tert-OH is 1. The molecule has 1 unspecified atom stereocenters. The Bertz CT molecular complexity index is 785. The predicted molar refractivity (Wildman–Crippen MR) is 78.3 cm³/mol. The maximum absolute atomic E-state index is 11.8. The zero-order chi connectivity index (χ0) is 17.8. The zero-order valence-corrected chi connectivity index (χ0v) is 16.4. The Balaban J connectivity index is 0.000000763. The van der Waals surface area contributed by atoms with Crippen LogP contribution in [0.25, 0.3) is 0 Å². The molecule has 1 heterocycles. The molecule has 5 N–H and O–H groups in total. The fraction of sp³-hybridized carbons (Fsp3) is 0.429. The SMILES string of the molecule is NS(=O)(=O)c1ccc(S(=O)(=O)CC[CH](O)[Na])s1.O=S(=O)(O)O. The van der Waals surface area contributed by atoms with Gasteiger partial charge in [0.25, 0.3) is 0 Å². The van der Waals surface area contributed by atoms with Gasteiger partial charge in [-0.05, 0) is 0 Å². The van der Waals surface area contributed by atoms with Gasteiger partial charge in [-0.1, -0.05) is 0 Å². The van der Waals surface area contributed by atoms with Crippen molar-refractivity contribution in [2.24, 2.45) is 5.14 Å². The minimum Gasteiger partial charge on any atom is -0.264 e. The summed E-state index contributed by atoms with van der Waals surface area (Å²) in [4.78, 5) is 0. The molecular weight excluding hydrogens is 393 g/mol. The fourth-order valence-corrected chi connectivity index (χ4v) is 5.53. The molecule has 1 atom stereocenters. The van der Waals surface area contributed by atoms with Crippen molar-refractivity contribution in [1.82, 2.24) is 0 Å². The van der Waals surface area contributed by atoms with E-state index in [1.54, 1.807) is 0 Å². The van der Waals surface area contributed by atoms with E-state index in [0.717, 1.165) is 0 Å². The van der Waals surface area contributed by atoms with E-state index < -0.39 is 33.6 Å². The maximum Gasteiger partial charge on any atom is 0.394 e. The first-order valence-corrected chi connectivity index (χ1v) is 11.9. The fourth-order valence-electron chi connectivity index (χ4n) is 1.05. The number of primary sulfonamides is 1. The van der Waals surface area contributed by atoms with Gasteiger partial charge in [-0.15, -0.1) is 0 Å². The van der Waals surface area contributed by atoms with Gasteiger partial charge < -0.3 is 0 Å². The maximum atomic E-state index is 11.8. The van der Waals surface area contributed by atoms with Gasteiger partial charge in [0.2, 0.25) is 0 Å². The van der Waals surface area contributed by atoms with Crippen molar-refractivity contribution < 1.29 is 39.5 Å². The van der Waals surface area contributed by atoms with E-state index >= 15 is 0 Å². The molecule has 0 saturated carbocycles. The van der Waals surface area contributed by atoms with E-state index in [1.807, 2.05) is 0 Å². The van der Waals surface area contributed by atoms with E-state index in [2.05, 4.69) is 0 Å². The van der Waals surface area contributed by atoms with Crippen LogP contribution in [0.15, 0.2) is 20.6 Å². The molecular formula is C7H12NNaO9S4. The second-order valence-corrected chi connectivity index (χ2v) is 11.5. The van der Waals surface area contributed by atoms with Crippen molar-refractivity contribution in [3.05, 3.63) is 12.1 Å². The van der Waals surface area contributed by atoms with Crippen LogP contribution >= 0.6 is 11.3 Å². The number of thiophene rings is 1. The van der Waals surface area contributed by atoms with Gasteiger partial charge in [-0.2, -0.15) is 8.42 Å². The van der Waals surface area contributed by atoms with Gasteiger partial charge in [0.05, 0.1) is 0 Å². The summed E-state index contributed by atoms with van der Waals surface area (Å²) in [6.07, 6.45) is 0.164. The molecule has 0 saturated heterocycles. The normalized spacial score (nSPS) is 14.1. The third kappa shape index (κ3) is 10.2. The van der Waals surface area contributed by atoms with Crippen molar-refractivity contribution in [2.45, 2.75) is 18.2 Å². The molecule has 0 aliphatic heterocycles. The van der Waals surface area contributed by atoms with Gasteiger partial charge in [-0.25, -0.2) is 0 Å². The number of aliphatic hydroxyl groups is 1. The van der Waals surface area contributed by atoms with E-state index in [9.17, 15) is 16.8 Å². The van der Waals surface area contributed by atoms with E-state index in [4.69, 9.17) is 27.8 Å². The summed E-state index contributed by atoms with van der Waals surface area (Å²) in [5.41, 5.74) is 0. The molecule has 0 aliphatic rings. The Morgan fingerprint density at radius 2 is 1.50 bits per heavy atom. The van der Waals surface area contributed by atoms with E-state index in [0.29, 0.717) is 39.3 Å². The molecule has 0 bridgehead atoms. The zero-order valence-electron chi connectivity index (χ0n) is 11.1. The Morgan fingerprint density at radius 1 is 1.09 bits per heavy atom. The van der Waals surface area contributed by atoms with Crippen molar-refractivity contribution >= 4 is 69.5 Å². The minimum atomic E-state index is -4.67. The van der Waals surface area contributed by atoms with Crippen LogP contribution < -0.4 is 5.14 Å². The van der Waals surface area contributed by atoms with E-state index in [1.165, 1.54) is 12.1 Å². The third-order valence-electron chi connectivity index (χ3n) is 1.95. The largest absolute Gasteiger partial charge is 0.394 e. The quantitative estimate of drug-likeness (QED) is 0.330. The van der Waals surface area contributed by atoms with Gasteiger partial charge >= 0.3 is 133 Å². The van der Waals surface area contributed by atoms with Crippen molar-refractivity contribution in [1.29, 1.82) is 0 Å². The molecule has 0 fully saturated rings. The number of sulfone groups is 1. The number of hydrogen-bond donors (Lipinski definition) is 4. The first-order chi connectivity index (χ1) is 9.63. The summed E-state index contributed by atoms with van der Waals surface area (Å²) in [6.45, 7) is 0. The van der Waals surface area contributed by atoms with Crippen LogP contribution in [0.3, 0.4) is 0 Å². The van der Waals surface area contributed by atoms with Crippen LogP contribution in [0.1, 0.15) is 6.42 Å². The Hall–Kier alpha value is 0.390. The smallest absolute Gasteiger partial charge is 0.264 e. The number of hydrogen-bond acceptors (Lipinski definition) is 8. The summed E-state index contributed by atoms with van der Waals surface area (Å²) < 4.78 is 76.3. The standard InChI is InChI=1S/C7H10NO5S3.Na.H2O4S/c8-16(12,13)7-3-2-6(14-7)15(10,11)5-1-4-9;;1-5(2,3)4/h2-4,9H,1,5H2,(H2,8,12,13);;(H2,1,2,3,4). The van der Waals surface area contributed by atoms with Gasteiger partial charge in [-0.3, -0.25) is 9.11 Å². The first kappa shape index (κ1) is 22.4. The van der Waals surface area contributed by atoms with Gasteiger partial charge in [0.15, 0.2) is 0 Å².